The number of carbonyl (C=O) groups is 2. The lowest BCUT2D eigenvalue weighted by Gasteiger charge is -2.01. The predicted molar refractivity (Wildman–Crippen MR) is 52.9 cm³/mol. The van der Waals surface area contributed by atoms with Gasteiger partial charge in [0.2, 0.25) is 0 Å². The maximum atomic E-state index is 11.4. The fourth-order valence-corrected chi connectivity index (χ4v) is 1.12. The van der Waals surface area contributed by atoms with Crippen LogP contribution in [0.15, 0.2) is 4.42 Å². The van der Waals surface area contributed by atoms with Crippen LogP contribution in [0.4, 0.5) is 0 Å². The summed E-state index contributed by atoms with van der Waals surface area (Å²) in [4.78, 5) is 25.6. The van der Waals surface area contributed by atoms with Gasteiger partial charge in [-0.15, -0.1) is 0 Å². The zero-order chi connectivity index (χ0) is 12.1. The lowest BCUT2D eigenvalue weighted by Crippen LogP contribution is -2.09. The summed E-state index contributed by atoms with van der Waals surface area (Å²) in [5.41, 5.74) is -0.0758. The third-order valence-electron chi connectivity index (χ3n) is 1.55. The highest BCUT2D eigenvalue weighted by molar-refractivity contribution is 6.27. The average molecular weight is 248 g/mol. The molecule has 0 aliphatic heterocycles. The Kier molecular flexibility index (Phi) is 4.30. The maximum Gasteiger partial charge on any atom is 0.360 e. The molecule has 0 saturated carbocycles. The molecule has 0 aliphatic rings. The number of hydrogen-bond donors (Lipinski definition) is 0. The van der Waals surface area contributed by atoms with Gasteiger partial charge in [0, 0.05) is 6.92 Å². The second kappa shape index (κ2) is 5.50. The first-order valence-corrected chi connectivity index (χ1v) is 4.88. The van der Waals surface area contributed by atoms with E-state index in [9.17, 15) is 9.59 Å². The molecule has 7 heteroatoms. The first-order chi connectivity index (χ1) is 7.54. The van der Waals surface area contributed by atoms with Gasteiger partial charge in [-0.3, -0.25) is 4.79 Å². The number of halogens is 1. The van der Waals surface area contributed by atoms with Crippen LogP contribution in [-0.4, -0.2) is 23.5 Å². The molecule has 0 atom stereocenters. The molecule has 0 unspecified atom stereocenters. The number of rotatable bonds is 4. The molecule has 0 radical (unpaired) electrons. The van der Waals surface area contributed by atoms with Crippen molar-refractivity contribution in [3.05, 3.63) is 16.8 Å². The molecular weight excluding hydrogens is 238 g/mol. The summed E-state index contributed by atoms with van der Waals surface area (Å²) in [7, 11) is 0. The monoisotopic (exact) mass is 247 g/mol. The number of carbonyl (C=O) groups excluding carboxylic acids is 2. The van der Waals surface area contributed by atoms with Crippen molar-refractivity contribution < 1.29 is 23.5 Å². The Balaban J connectivity index is 2.82. The molecule has 88 valence electrons. The summed E-state index contributed by atoms with van der Waals surface area (Å²) in [6, 6.07) is 0. The largest absolute Gasteiger partial charge is 0.461 e. The third-order valence-corrected chi connectivity index (χ3v) is 1.71. The fourth-order valence-electron chi connectivity index (χ4n) is 0.947. The summed E-state index contributed by atoms with van der Waals surface area (Å²) < 4.78 is 14.3. The van der Waals surface area contributed by atoms with Crippen LogP contribution in [-0.2, 0) is 20.9 Å². The van der Waals surface area contributed by atoms with Crippen LogP contribution in [0.5, 0.6) is 0 Å². The third kappa shape index (κ3) is 3.23. The minimum Gasteiger partial charge on any atom is -0.461 e. The van der Waals surface area contributed by atoms with Crippen molar-refractivity contribution in [2.24, 2.45) is 0 Å². The smallest absolute Gasteiger partial charge is 0.360 e. The molecule has 0 N–H and O–H groups in total. The van der Waals surface area contributed by atoms with Gasteiger partial charge in [0.15, 0.2) is 18.1 Å². The Hall–Kier alpha value is -1.56. The summed E-state index contributed by atoms with van der Waals surface area (Å²) >= 11 is 5.50. The number of nitrogens with zero attached hydrogens (tertiary/aromatic N) is 1. The molecule has 1 aromatic heterocycles. The van der Waals surface area contributed by atoms with E-state index in [0.29, 0.717) is 0 Å². The van der Waals surface area contributed by atoms with Gasteiger partial charge in [-0.1, -0.05) is 0 Å². The van der Waals surface area contributed by atoms with Crippen molar-refractivity contribution in [1.29, 1.82) is 0 Å². The Morgan fingerprint density at radius 3 is 2.69 bits per heavy atom. The summed E-state index contributed by atoms with van der Waals surface area (Å²) in [5.74, 6) is -1.10. The standard InChI is InChI=1S/C9H10ClNO5/c1-3-14-8(13)7-6(4-15-5(2)12)16-9(10)11-7/h3-4H2,1-2H3. The Morgan fingerprint density at radius 1 is 1.44 bits per heavy atom. The van der Waals surface area contributed by atoms with E-state index in [1.54, 1.807) is 6.92 Å². The normalized spacial score (nSPS) is 9.94. The van der Waals surface area contributed by atoms with E-state index in [4.69, 9.17) is 20.8 Å². The number of esters is 2. The van der Waals surface area contributed by atoms with Crippen LogP contribution >= 0.6 is 11.6 Å². The van der Waals surface area contributed by atoms with Crippen molar-refractivity contribution in [2.75, 3.05) is 6.61 Å². The van der Waals surface area contributed by atoms with Crippen molar-refractivity contribution in [3.63, 3.8) is 0 Å². The highest BCUT2D eigenvalue weighted by Gasteiger charge is 2.21. The van der Waals surface area contributed by atoms with Crippen LogP contribution < -0.4 is 0 Å². The number of ether oxygens (including phenoxy) is 2. The molecule has 0 aliphatic carbocycles. The number of aromatic nitrogens is 1. The van der Waals surface area contributed by atoms with E-state index in [0.717, 1.165) is 0 Å². The number of hydrogen-bond acceptors (Lipinski definition) is 6. The molecule has 1 heterocycles. The van der Waals surface area contributed by atoms with Gasteiger partial charge in [-0.2, -0.15) is 4.98 Å². The molecular formula is C9H10ClNO5. The average Bonchev–Trinajstić information content (AvgIpc) is 2.57. The first-order valence-electron chi connectivity index (χ1n) is 4.50. The van der Waals surface area contributed by atoms with E-state index in [1.807, 2.05) is 0 Å². The van der Waals surface area contributed by atoms with Crippen molar-refractivity contribution in [3.8, 4) is 0 Å². The Labute approximate surface area is 96.5 Å². The van der Waals surface area contributed by atoms with E-state index in [2.05, 4.69) is 9.72 Å². The molecule has 0 amide bonds. The van der Waals surface area contributed by atoms with Crippen molar-refractivity contribution in [2.45, 2.75) is 20.5 Å². The van der Waals surface area contributed by atoms with E-state index in [1.165, 1.54) is 6.92 Å². The van der Waals surface area contributed by atoms with Gasteiger partial charge >= 0.3 is 11.9 Å². The van der Waals surface area contributed by atoms with Crippen LogP contribution in [0.2, 0.25) is 5.35 Å². The van der Waals surface area contributed by atoms with Gasteiger partial charge in [-0.25, -0.2) is 4.79 Å². The molecule has 0 bridgehead atoms. The summed E-state index contributed by atoms with van der Waals surface area (Å²) in [6.45, 7) is 2.90. The van der Waals surface area contributed by atoms with Crippen LogP contribution in [0.1, 0.15) is 30.1 Å². The van der Waals surface area contributed by atoms with E-state index < -0.39 is 11.9 Å². The van der Waals surface area contributed by atoms with Crippen LogP contribution in [0.25, 0.3) is 0 Å². The number of oxazole rings is 1. The first kappa shape index (κ1) is 12.5. The topological polar surface area (TPSA) is 78.6 Å². The molecule has 1 aromatic rings. The highest BCUT2D eigenvalue weighted by atomic mass is 35.5. The second-order valence-electron chi connectivity index (χ2n) is 2.74. The zero-order valence-corrected chi connectivity index (χ0v) is 9.54. The SMILES string of the molecule is CCOC(=O)c1nc(Cl)oc1COC(C)=O. The Morgan fingerprint density at radius 2 is 2.12 bits per heavy atom. The molecule has 0 aromatic carbocycles. The van der Waals surface area contributed by atoms with Gasteiger partial charge in [0.05, 0.1) is 6.61 Å². The lowest BCUT2D eigenvalue weighted by molar-refractivity contribution is -0.142. The van der Waals surface area contributed by atoms with Crippen molar-refractivity contribution in [1.82, 2.24) is 4.98 Å². The zero-order valence-electron chi connectivity index (χ0n) is 8.78. The van der Waals surface area contributed by atoms with Crippen molar-refractivity contribution >= 4 is 23.5 Å². The predicted octanol–water partition coefficient (Wildman–Crippen LogP) is 1.57. The molecule has 0 saturated heterocycles. The highest BCUT2D eigenvalue weighted by Crippen LogP contribution is 2.17. The molecule has 16 heavy (non-hydrogen) atoms. The molecule has 1 rings (SSSR count). The van der Waals surface area contributed by atoms with Crippen LogP contribution in [0.3, 0.4) is 0 Å². The molecule has 0 spiro atoms. The lowest BCUT2D eigenvalue weighted by atomic mass is 10.3. The molecule has 6 nitrogen and oxygen atoms in total. The van der Waals surface area contributed by atoms with Gasteiger partial charge in [0.1, 0.15) is 0 Å². The minimum absolute atomic E-state index is 0.0682. The van der Waals surface area contributed by atoms with E-state index in [-0.39, 0.29) is 30.0 Å². The quantitative estimate of drug-likeness (QED) is 0.752. The fraction of sp³-hybridized carbons (Fsp3) is 0.444. The summed E-state index contributed by atoms with van der Waals surface area (Å²) in [6.07, 6.45) is 0. The summed E-state index contributed by atoms with van der Waals surface area (Å²) in [5, 5.41) is -0.204. The molecule has 0 fully saturated rings. The minimum atomic E-state index is -0.666. The van der Waals surface area contributed by atoms with E-state index >= 15 is 0 Å². The Bertz CT molecular complexity index is 401. The van der Waals surface area contributed by atoms with Gasteiger partial charge in [0.25, 0.3) is 5.35 Å². The maximum absolute atomic E-state index is 11.4. The van der Waals surface area contributed by atoms with Gasteiger partial charge in [-0.05, 0) is 18.5 Å². The van der Waals surface area contributed by atoms with Gasteiger partial charge < -0.3 is 13.9 Å². The van der Waals surface area contributed by atoms with Crippen LogP contribution in [0, 0.1) is 0 Å². The second-order valence-corrected chi connectivity index (χ2v) is 3.06.